The van der Waals surface area contributed by atoms with E-state index in [0.29, 0.717) is 6.61 Å². The maximum absolute atomic E-state index is 11.9. The lowest BCUT2D eigenvalue weighted by molar-refractivity contribution is -0.149. The fourth-order valence-electron chi connectivity index (χ4n) is 1.56. The van der Waals surface area contributed by atoms with Gasteiger partial charge in [-0.3, -0.25) is 4.79 Å². The Labute approximate surface area is 91.3 Å². The molecule has 15 heavy (non-hydrogen) atoms. The second kappa shape index (κ2) is 4.96. The number of hydrogen-bond donors (Lipinski definition) is 0. The van der Waals surface area contributed by atoms with Crippen LogP contribution in [0.3, 0.4) is 0 Å². The predicted molar refractivity (Wildman–Crippen MR) is 60.7 cm³/mol. The Balaban J connectivity index is 3.00. The van der Waals surface area contributed by atoms with Gasteiger partial charge in [0, 0.05) is 0 Å². The van der Waals surface area contributed by atoms with Gasteiger partial charge in [0.2, 0.25) is 0 Å². The van der Waals surface area contributed by atoms with Crippen LogP contribution >= 0.6 is 0 Å². The van der Waals surface area contributed by atoms with Gasteiger partial charge >= 0.3 is 5.97 Å². The molecular weight excluding hydrogens is 188 g/mol. The molecule has 0 aliphatic carbocycles. The number of carbonyl (C=O) groups excluding carboxylic acids is 1. The van der Waals surface area contributed by atoms with E-state index in [4.69, 9.17) is 4.74 Å². The highest BCUT2D eigenvalue weighted by Gasteiger charge is 2.34. The molecule has 0 unspecified atom stereocenters. The first-order valence-electron chi connectivity index (χ1n) is 5.38. The summed E-state index contributed by atoms with van der Waals surface area (Å²) >= 11 is 0. The molecule has 82 valence electrons. The molecule has 0 amide bonds. The molecule has 0 fully saturated rings. The summed E-state index contributed by atoms with van der Waals surface area (Å²) in [5.41, 5.74) is 0.503. The molecule has 1 atom stereocenters. The SMILES string of the molecule is CCOC(=O)[C@](C)(CC)c1ccccc1. The number of rotatable bonds is 4. The van der Waals surface area contributed by atoms with Crippen molar-refractivity contribution in [2.24, 2.45) is 0 Å². The van der Waals surface area contributed by atoms with E-state index in [9.17, 15) is 4.79 Å². The zero-order chi connectivity index (χ0) is 11.3. The van der Waals surface area contributed by atoms with Crippen molar-refractivity contribution in [3.63, 3.8) is 0 Å². The molecule has 0 saturated heterocycles. The molecule has 0 aliphatic rings. The quantitative estimate of drug-likeness (QED) is 0.708. The van der Waals surface area contributed by atoms with Gasteiger partial charge in [-0.1, -0.05) is 37.3 Å². The van der Waals surface area contributed by atoms with E-state index < -0.39 is 5.41 Å². The molecule has 2 heteroatoms. The fourth-order valence-corrected chi connectivity index (χ4v) is 1.56. The summed E-state index contributed by atoms with van der Waals surface area (Å²) in [5, 5.41) is 0. The highest BCUT2D eigenvalue weighted by molar-refractivity contribution is 5.82. The first-order chi connectivity index (χ1) is 7.15. The summed E-state index contributed by atoms with van der Waals surface area (Å²) in [6.45, 7) is 6.20. The molecule has 0 heterocycles. The molecule has 0 spiro atoms. The van der Waals surface area contributed by atoms with Gasteiger partial charge in [-0.05, 0) is 25.8 Å². The van der Waals surface area contributed by atoms with Crippen molar-refractivity contribution in [3.05, 3.63) is 35.9 Å². The Bertz CT molecular complexity index is 319. The topological polar surface area (TPSA) is 26.3 Å². The van der Waals surface area contributed by atoms with Gasteiger partial charge in [0.25, 0.3) is 0 Å². The molecule has 0 bridgehead atoms. The Morgan fingerprint density at radius 2 is 1.87 bits per heavy atom. The third-order valence-corrected chi connectivity index (χ3v) is 2.84. The molecule has 2 nitrogen and oxygen atoms in total. The van der Waals surface area contributed by atoms with Crippen LogP contribution in [0.25, 0.3) is 0 Å². The molecule has 1 rings (SSSR count). The van der Waals surface area contributed by atoms with E-state index in [1.165, 1.54) is 0 Å². The van der Waals surface area contributed by atoms with Gasteiger partial charge in [-0.2, -0.15) is 0 Å². The minimum absolute atomic E-state index is 0.140. The van der Waals surface area contributed by atoms with E-state index in [1.54, 1.807) is 0 Å². The van der Waals surface area contributed by atoms with Gasteiger partial charge in [0.05, 0.1) is 12.0 Å². The van der Waals surface area contributed by atoms with Crippen molar-refractivity contribution in [2.75, 3.05) is 6.61 Å². The van der Waals surface area contributed by atoms with Gasteiger partial charge in [-0.15, -0.1) is 0 Å². The van der Waals surface area contributed by atoms with Crippen LogP contribution in [-0.4, -0.2) is 12.6 Å². The Morgan fingerprint density at radius 3 is 2.33 bits per heavy atom. The smallest absolute Gasteiger partial charge is 0.316 e. The van der Waals surface area contributed by atoms with E-state index in [0.717, 1.165) is 12.0 Å². The third kappa shape index (κ3) is 2.38. The molecule has 0 aromatic heterocycles. The minimum Gasteiger partial charge on any atom is -0.465 e. The molecule has 0 aliphatic heterocycles. The summed E-state index contributed by atoms with van der Waals surface area (Å²) in [5.74, 6) is -0.140. The monoisotopic (exact) mass is 206 g/mol. The largest absolute Gasteiger partial charge is 0.465 e. The van der Waals surface area contributed by atoms with E-state index in [1.807, 2.05) is 51.1 Å². The van der Waals surface area contributed by atoms with Crippen molar-refractivity contribution >= 4 is 5.97 Å². The maximum atomic E-state index is 11.9. The van der Waals surface area contributed by atoms with Crippen molar-refractivity contribution in [3.8, 4) is 0 Å². The van der Waals surface area contributed by atoms with Crippen LogP contribution in [0, 0.1) is 0 Å². The number of carbonyl (C=O) groups is 1. The Hall–Kier alpha value is -1.31. The first-order valence-corrected chi connectivity index (χ1v) is 5.38. The number of benzene rings is 1. The molecule has 1 aromatic carbocycles. The van der Waals surface area contributed by atoms with Gasteiger partial charge in [0.1, 0.15) is 0 Å². The van der Waals surface area contributed by atoms with Crippen LogP contribution < -0.4 is 0 Å². The molecule has 1 aromatic rings. The van der Waals surface area contributed by atoms with Gasteiger partial charge in [0.15, 0.2) is 0 Å². The fraction of sp³-hybridized carbons (Fsp3) is 0.462. The summed E-state index contributed by atoms with van der Waals surface area (Å²) < 4.78 is 5.11. The lowest BCUT2D eigenvalue weighted by atomic mass is 9.80. The average Bonchev–Trinajstić information content (AvgIpc) is 2.29. The summed E-state index contributed by atoms with van der Waals surface area (Å²) in [4.78, 5) is 11.9. The van der Waals surface area contributed by atoms with E-state index in [2.05, 4.69) is 0 Å². The molecular formula is C13H18O2. The molecule has 0 radical (unpaired) electrons. The lowest BCUT2D eigenvalue weighted by Crippen LogP contribution is -2.33. The minimum atomic E-state index is -0.517. The first kappa shape index (κ1) is 11.8. The standard InChI is InChI=1S/C13H18O2/c1-4-13(3,12(14)15-5-2)11-9-7-6-8-10-11/h6-10H,4-5H2,1-3H3/t13-/m1/s1. The van der Waals surface area contributed by atoms with Crippen molar-refractivity contribution < 1.29 is 9.53 Å². The third-order valence-electron chi connectivity index (χ3n) is 2.84. The highest BCUT2D eigenvalue weighted by atomic mass is 16.5. The number of esters is 1. The zero-order valence-corrected chi connectivity index (χ0v) is 9.62. The van der Waals surface area contributed by atoms with Crippen LogP contribution in [0.4, 0.5) is 0 Å². The van der Waals surface area contributed by atoms with Crippen molar-refractivity contribution in [2.45, 2.75) is 32.6 Å². The summed E-state index contributed by atoms with van der Waals surface area (Å²) in [7, 11) is 0. The molecule has 0 N–H and O–H groups in total. The average molecular weight is 206 g/mol. The summed E-state index contributed by atoms with van der Waals surface area (Å²) in [6, 6.07) is 9.79. The van der Waals surface area contributed by atoms with E-state index >= 15 is 0 Å². The van der Waals surface area contributed by atoms with Crippen molar-refractivity contribution in [1.29, 1.82) is 0 Å². The summed E-state index contributed by atoms with van der Waals surface area (Å²) in [6.07, 6.45) is 0.746. The second-order valence-corrected chi connectivity index (χ2v) is 3.77. The van der Waals surface area contributed by atoms with E-state index in [-0.39, 0.29) is 5.97 Å². The Morgan fingerprint density at radius 1 is 1.27 bits per heavy atom. The van der Waals surface area contributed by atoms with Crippen LogP contribution in [0.2, 0.25) is 0 Å². The van der Waals surface area contributed by atoms with Gasteiger partial charge in [-0.25, -0.2) is 0 Å². The number of ether oxygens (including phenoxy) is 1. The van der Waals surface area contributed by atoms with Crippen LogP contribution in [0.15, 0.2) is 30.3 Å². The molecule has 0 saturated carbocycles. The Kier molecular flexibility index (Phi) is 3.89. The highest BCUT2D eigenvalue weighted by Crippen LogP contribution is 2.28. The normalized spacial score (nSPS) is 14.3. The van der Waals surface area contributed by atoms with Gasteiger partial charge < -0.3 is 4.74 Å². The van der Waals surface area contributed by atoms with Crippen LogP contribution in [-0.2, 0) is 14.9 Å². The predicted octanol–water partition coefficient (Wildman–Crippen LogP) is 2.92. The lowest BCUT2D eigenvalue weighted by Gasteiger charge is -2.26. The van der Waals surface area contributed by atoms with Crippen LogP contribution in [0.5, 0.6) is 0 Å². The van der Waals surface area contributed by atoms with Crippen molar-refractivity contribution in [1.82, 2.24) is 0 Å². The maximum Gasteiger partial charge on any atom is 0.316 e. The van der Waals surface area contributed by atoms with Crippen LogP contribution in [0.1, 0.15) is 32.8 Å². The second-order valence-electron chi connectivity index (χ2n) is 3.77. The zero-order valence-electron chi connectivity index (χ0n) is 9.62. The number of hydrogen-bond acceptors (Lipinski definition) is 2.